The minimum atomic E-state index is 0.0370. The molecule has 0 heterocycles. The van der Waals surface area contributed by atoms with Crippen molar-refractivity contribution < 1.29 is 4.74 Å². The average Bonchev–Trinajstić information content (AvgIpc) is 1.86. The van der Waals surface area contributed by atoms with Gasteiger partial charge in [-0.15, -0.1) is 0 Å². The van der Waals surface area contributed by atoms with Crippen molar-refractivity contribution in [2.24, 2.45) is 0 Å². The van der Waals surface area contributed by atoms with Gasteiger partial charge in [-0.3, -0.25) is 0 Å². The Morgan fingerprint density at radius 1 is 1.56 bits per heavy atom. The van der Waals surface area contributed by atoms with Crippen LogP contribution >= 0.6 is 22.6 Å². The summed E-state index contributed by atoms with van der Waals surface area (Å²) in [5.74, 6) is 0. The van der Waals surface area contributed by atoms with Crippen LogP contribution in [0.1, 0.15) is 27.2 Å². The fraction of sp³-hybridized carbons (Fsp3) is 1.00. The van der Waals surface area contributed by atoms with Crippen LogP contribution in [0.2, 0.25) is 0 Å². The molecule has 0 aromatic carbocycles. The van der Waals surface area contributed by atoms with Crippen molar-refractivity contribution in [3.8, 4) is 0 Å². The summed E-state index contributed by atoms with van der Waals surface area (Å²) in [6.45, 7) is 6.42. The highest BCUT2D eigenvalue weighted by Gasteiger charge is 2.24. The van der Waals surface area contributed by atoms with Crippen LogP contribution in [0.5, 0.6) is 0 Å². The smallest absolute Gasteiger partial charge is 0.0739 e. The van der Waals surface area contributed by atoms with Crippen LogP contribution in [-0.4, -0.2) is 16.6 Å². The summed E-state index contributed by atoms with van der Waals surface area (Å²) in [5.41, 5.74) is 0.0370. The van der Waals surface area contributed by atoms with Crippen LogP contribution in [0.15, 0.2) is 0 Å². The van der Waals surface area contributed by atoms with Crippen molar-refractivity contribution in [2.45, 2.75) is 36.7 Å². The molecule has 1 unspecified atom stereocenters. The van der Waals surface area contributed by atoms with Gasteiger partial charge in [0, 0.05) is 11.0 Å². The monoisotopic (exact) mass is 242 g/mol. The van der Waals surface area contributed by atoms with E-state index in [-0.39, 0.29) is 5.60 Å². The maximum atomic E-state index is 5.28. The molecule has 0 saturated carbocycles. The third-order valence-electron chi connectivity index (χ3n) is 1.64. The summed E-state index contributed by atoms with van der Waals surface area (Å²) < 4.78 is 5.89. The van der Waals surface area contributed by atoms with Crippen LogP contribution in [0.4, 0.5) is 0 Å². The van der Waals surface area contributed by atoms with Gasteiger partial charge in [0.15, 0.2) is 0 Å². The molecule has 0 spiro atoms. The quantitative estimate of drug-likeness (QED) is 0.546. The molecule has 0 amide bonds. The first kappa shape index (κ1) is 9.69. The molecular formula is C7H15IO. The van der Waals surface area contributed by atoms with Crippen LogP contribution in [0.25, 0.3) is 0 Å². The summed E-state index contributed by atoms with van der Waals surface area (Å²) in [7, 11) is 1.77. The molecule has 0 aromatic rings. The highest BCUT2D eigenvalue weighted by atomic mass is 127. The van der Waals surface area contributed by atoms with Gasteiger partial charge in [-0.25, -0.2) is 0 Å². The molecule has 0 radical (unpaired) electrons. The van der Waals surface area contributed by atoms with E-state index in [2.05, 4.69) is 43.4 Å². The van der Waals surface area contributed by atoms with Gasteiger partial charge in [-0.1, -0.05) is 29.5 Å². The number of alkyl halides is 1. The SMILES string of the molecule is CCC(I)C(C)(C)OC. The lowest BCUT2D eigenvalue weighted by Crippen LogP contribution is -2.33. The van der Waals surface area contributed by atoms with Crippen LogP contribution < -0.4 is 0 Å². The molecule has 0 N–H and O–H groups in total. The Bertz CT molecular complexity index is 81.0. The topological polar surface area (TPSA) is 9.23 Å². The normalized spacial score (nSPS) is 15.7. The molecule has 0 aliphatic rings. The highest BCUT2D eigenvalue weighted by Crippen LogP contribution is 2.23. The lowest BCUT2D eigenvalue weighted by Gasteiger charge is -2.27. The Balaban J connectivity index is 3.80. The van der Waals surface area contributed by atoms with E-state index < -0.39 is 0 Å². The van der Waals surface area contributed by atoms with Gasteiger partial charge in [-0.2, -0.15) is 0 Å². The van der Waals surface area contributed by atoms with Crippen molar-refractivity contribution in [3.63, 3.8) is 0 Å². The lowest BCUT2D eigenvalue weighted by atomic mass is 10.0. The third-order valence-corrected chi connectivity index (χ3v) is 4.02. The first-order chi connectivity index (χ1) is 4.04. The van der Waals surface area contributed by atoms with Gasteiger partial charge in [0.1, 0.15) is 0 Å². The molecule has 9 heavy (non-hydrogen) atoms. The Morgan fingerprint density at radius 3 is 2.11 bits per heavy atom. The zero-order valence-corrected chi connectivity index (χ0v) is 8.73. The number of ether oxygens (including phenoxy) is 1. The van der Waals surface area contributed by atoms with E-state index in [1.54, 1.807) is 7.11 Å². The second-order valence-electron chi connectivity index (χ2n) is 2.68. The molecule has 0 bridgehead atoms. The van der Waals surface area contributed by atoms with E-state index in [4.69, 9.17) is 4.74 Å². The van der Waals surface area contributed by atoms with Gasteiger partial charge >= 0.3 is 0 Å². The van der Waals surface area contributed by atoms with Gasteiger partial charge in [0.25, 0.3) is 0 Å². The predicted octanol–water partition coefficient (Wildman–Crippen LogP) is 2.63. The molecule has 0 fully saturated rings. The fourth-order valence-electron chi connectivity index (χ4n) is 0.619. The Labute approximate surface area is 71.3 Å². The van der Waals surface area contributed by atoms with E-state index in [1.165, 1.54) is 6.42 Å². The maximum absolute atomic E-state index is 5.28. The zero-order chi connectivity index (χ0) is 7.49. The van der Waals surface area contributed by atoms with Crippen LogP contribution in [0.3, 0.4) is 0 Å². The molecule has 0 rings (SSSR count). The first-order valence-electron chi connectivity index (χ1n) is 3.23. The van der Waals surface area contributed by atoms with Crippen LogP contribution in [-0.2, 0) is 4.74 Å². The average molecular weight is 242 g/mol. The van der Waals surface area contributed by atoms with Crippen LogP contribution in [0, 0.1) is 0 Å². The molecule has 56 valence electrons. The van der Waals surface area contributed by atoms with E-state index in [9.17, 15) is 0 Å². The molecule has 0 saturated heterocycles. The van der Waals surface area contributed by atoms with E-state index in [0.29, 0.717) is 3.92 Å². The standard InChI is InChI=1S/C7H15IO/c1-5-6(8)7(2,3)9-4/h6H,5H2,1-4H3. The second kappa shape index (κ2) is 3.76. The van der Waals surface area contributed by atoms with Crippen molar-refractivity contribution in [3.05, 3.63) is 0 Å². The minimum absolute atomic E-state index is 0.0370. The molecular weight excluding hydrogens is 227 g/mol. The first-order valence-corrected chi connectivity index (χ1v) is 4.48. The largest absolute Gasteiger partial charge is 0.378 e. The molecule has 0 aliphatic heterocycles. The van der Waals surface area contributed by atoms with E-state index >= 15 is 0 Å². The number of hydrogen-bond donors (Lipinski definition) is 0. The Morgan fingerprint density at radius 2 is 2.00 bits per heavy atom. The Hall–Kier alpha value is 0.690. The lowest BCUT2D eigenvalue weighted by molar-refractivity contribution is 0.0241. The molecule has 2 heteroatoms. The minimum Gasteiger partial charge on any atom is -0.378 e. The molecule has 1 nitrogen and oxygen atoms in total. The van der Waals surface area contributed by atoms with Gasteiger partial charge in [-0.05, 0) is 20.3 Å². The number of methoxy groups -OCH3 is 1. The van der Waals surface area contributed by atoms with E-state index in [0.717, 1.165) is 0 Å². The summed E-state index contributed by atoms with van der Waals surface area (Å²) in [6, 6.07) is 0. The summed E-state index contributed by atoms with van der Waals surface area (Å²) in [5, 5.41) is 0. The molecule has 0 aliphatic carbocycles. The van der Waals surface area contributed by atoms with Crippen molar-refractivity contribution >= 4 is 22.6 Å². The maximum Gasteiger partial charge on any atom is 0.0739 e. The third kappa shape index (κ3) is 2.85. The summed E-state index contributed by atoms with van der Waals surface area (Å²) >= 11 is 2.42. The second-order valence-corrected chi connectivity index (χ2v) is 4.19. The van der Waals surface area contributed by atoms with E-state index in [1.807, 2.05) is 0 Å². The van der Waals surface area contributed by atoms with Crippen molar-refractivity contribution in [1.82, 2.24) is 0 Å². The highest BCUT2D eigenvalue weighted by molar-refractivity contribution is 14.1. The molecule has 0 aromatic heterocycles. The van der Waals surface area contributed by atoms with Crippen molar-refractivity contribution in [2.75, 3.05) is 7.11 Å². The zero-order valence-electron chi connectivity index (χ0n) is 6.57. The fourth-order valence-corrected chi connectivity index (χ4v) is 0.874. The predicted molar refractivity (Wildman–Crippen MR) is 49.2 cm³/mol. The number of halogens is 1. The van der Waals surface area contributed by atoms with Gasteiger partial charge < -0.3 is 4.74 Å². The number of rotatable bonds is 3. The Kier molecular flexibility index (Phi) is 4.05. The van der Waals surface area contributed by atoms with Gasteiger partial charge in [0.05, 0.1) is 5.60 Å². The summed E-state index contributed by atoms with van der Waals surface area (Å²) in [6.07, 6.45) is 1.17. The summed E-state index contributed by atoms with van der Waals surface area (Å²) in [4.78, 5) is 0. The van der Waals surface area contributed by atoms with Crippen molar-refractivity contribution in [1.29, 1.82) is 0 Å². The number of hydrogen-bond acceptors (Lipinski definition) is 1. The van der Waals surface area contributed by atoms with Gasteiger partial charge in [0.2, 0.25) is 0 Å². The molecule has 1 atom stereocenters.